The number of hydrogen-bond acceptors (Lipinski definition) is 1. The molecular formula is C11H17IO. The highest BCUT2D eigenvalue weighted by Gasteiger charge is 2.41. The molecule has 0 unspecified atom stereocenters. The lowest BCUT2D eigenvalue weighted by atomic mass is 9.63. The zero-order valence-electron chi connectivity index (χ0n) is 8.18. The van der Waals surface area contributed by atoms with Gasteiger partial charge in [0, 0.05) is 5.41 Å². The first-order valence-corrected chi connectivity index (χ1v) is 6.31. The van der Waals surface area contributed by atoms with Crippen molar-refractivity contribution in [3.8, 4) is 0 Å². The molecule has 1 saturated carbocycles. The van der Waals surface area contributed by atoms with Gasteiger partial charge in [-0.15, -0.1) is 0 Å². The normalized spacial score (nSPS) is 20.2. The van der Waals surface area contributed by atoms with Gasteiger partial charge in [-0.25, -0.2) is 0 Å². The van der Waals surface area contributed by atoms with Crippen LogP contribution in [0.1, 0.15) is 45.4 Å². The molecule has 0 atom stereocenters. The van der Waals surface area contributed by atoms with Crippen molar-refractivity contribution in [1.29, 1.82) is 0 Å². The summed E-state index contributed by atoms with van der Waals surface area (Å²) in [5, 5.41) is 0. The molecule has 0 bridgehead atoms. The molecule has 0 aromatic carbocycles. The Morgan fingerprint density at radius 3 is 2.62 bits per heavy atom. The summed E-state index contributed by atoms with van der Waals surface area (Å²) in [6.07, 6.45) is 8.71. The van der Waals surface area contributed by atoms with Crippen LogP contribution in [-0.2, 0) is 4.79 Å². The van der Waals surface area contributed by atoms with Gasteiger partial charge in [0.05, 0.1) is 0 Å². The Kier molecular flexibility index (Phi) is 4.42. The molecule has 0 saturated heterocycles. The fourth-order valence-corrected chi connectivity index (χ4v) is 2.30. The van der Waals surface area contributed by atoms with Crippen LogP contribution < -0.4 is 0 Å². The van der Waals surface area contributed by atoms with E-state index in [0.29, 0.717) is 5.78 Å². The van der Waals surface area contributed by atoms with E-state index >= 15 is 0 Å². The third kappa shape index (κ3) is 2.55. The quantitative estimate of drug-likeness (QED) is 0.555. The minimum atomic E-state index is 0.0533. The molecule has 1 nitrogen and oxygen atoms in total. The summed E-state index contributed by atoms with van der Waals surface area (Å²) in [5.74, 6) is 0.363. The summed E-state index contributed by atoms with van der Waals surface area (Å²) in [6, 6.07) is 0. The molecular weight excluding hydrogens is 275 g/mol. The maximum absolute atomic E-state index is 11.8. The van der Waals surface area contributed by atoms with E-state index in [0.717, 1.165) is 19.3 Å². The molecule has 0 aromatic rings. The smallest absolute Gasteiger partial charge is 0.162 e. The summed E-state index contributed by atoms with van der Waals surface area (Å²) in [6.45, 7) is 2.19. The number of hydrogen-bond donors (Lipinski definition) is 0. The van der Waals surface area contributed by atoms with Gasteiger partial charge in [0.1, 0.15) is 0 Å². The molecule has 1 rings (SSSR count). The number of ketones is 1. The van der Waals surface area contributed by atoms with Crippen molar-refractivity contribution in [3.05, 3.63) is 10.2 Å². The van der Waals surface area contributed by atoms with E-state index in [1.807, 2.05) is 4.08 Å². The standard InChI is InChI=1S/C11H17IO/c1-2-3-6-11(7-4-8-11)10(13)5-9-12/h5,9H,2-4,6-8H2,1H3. The van der Waals surface area contributed by atoms with Crippen LogP contribution in [-0.4, -0.2) is 5.78 Å². The molecule has 0 aliphatic heterocycles. The van der Waals surface area contributed by atoms with Crippen molar-refractivity contribution in [2.24, 2.45) is 5.41 Å². The second kappa shape index (κ2) is 5.13. The fraction of sp³-hybridized carbons (Fsp3) is 0.727. The third-order valence-corrected chi connectivity index (χ3v) is 3.42. The molecule has 0 aromatic heterocycles. The number of rotatable bonds is 5. The van der Waals surface area contributed by atoms with Crippen LogP contribution in [0.2, 0.25) is 0 Å². The summed E-state index contributed by atoms with van der Waals surface area (Å²) >= 11 is 2.12. The van der Waals surface area contributed by atoms with Gasteiger partial charge >= 0.3 is 0 Å². The Morgan fingerprint density at radius 1 is 1.54 bits per heavy atom. The van der Waals surface area contributed by atoms with Gasteiger partial charge in [0.2, 0.25) is 0 Å². The Labute approximate surface area is 94.1 Å². The van der Waals surface area contributed by atoms with Gasteiger partial charge < -0.3 is 0 Å². The van der Waals surface area contributed by atoms with Crippen molar-refractivity contribution in [2.75, 3.05) is 0 Å². The average molecular weight is 292 g/mol. The fourth-order valence-electron chi connectivity index (χ4n) is 1.97. The van der Waals surface area contributed by atoms with Crippen LogP contribution in [0.3, 0.4) is 0 Å². The zero-order chi connectivity index (χ0) is 9.73. The second-order valence-corrected chi connectivity index (χ2v) is 4.61. The van der Waals surface area contributed by atoms with E-state index in [4.69, 9.17) is 0 Å². The van der Waals surface area contributed by atoms with Crippen molar-refractivity contribution in [1.82, 2.24) is 0 Å². The van der Waals surface area contributed by atoms with Crippen molar-refractivity contribution in [2.45, 2.75) is 45.4 Å². The Hall–Kier alpha value is 0.140. The van der Waals surface area contributed by atoms with Gasteiger partial charge in [0.25, 0.3) is 0 Å². The molecule has 1 fully saturated rings. The van der Waals surface area contributed by atoms with E-state index in [9.17, 15) is 4.79 Å². The Morgan fingerprint density at radius 2 is 2.23 bits per heavy atom. The molecule has 0 heterocycles. The molecule has 1 aliphatic carbocycles. The minimum absolute atomic E-state index is 0.0533. The first kappa shape index (κ1) is 11.2. The maximum atomic E-state index is 11.8. The van der Waals surface area contributed by atoms with Crippen molar-refractivity contribution < 1.29 is 4.79 Å². The molecule has 0 N–H and O–H groups in total. The first-order chi connectivity index (χ1) is 6.25. The highest BCUT2D eigenvalue weighted by atomic mass is 127. The molecule has 74 valence electrons. The van der Waals surface area contributed by atoms with Crippen molar-refractivity contribution >= 4 is 28.4 Å². The minimum Gasteiger partial charge on any atom is -0.294 e. The zero-order valence-corrected chi connectivity index (χ0v) is 10.3. The largest absolute Gasteiger partial charge is 0.294 e. The molecule has 0 amide bonds. The Bertz CT molecular complexity index is 204. The van der Waals surface area contributed by atoms with E-state index in [-0.39, 0.29) is 5.41 Å². The van der Waals surface area contributed by atoms with Crippen LogP contribution in [0, 0.1) is 5.41 Å². The van der Waals surface area contributed by atoms with Gasteiger partial charge in [-0.3, -0.25) is 4.79 Å². The van der Waals surface area contributed by atoms with E-state index < -0.39 is 0 Å². The number of carbonyl (C=O) groups is 1. The lowest BCUT2D eigenvalue weighted by Gasteiger charge is -2.39. The Balaban J connectivity index is 2.53. The number of halogens is 1. The van der Waals surface area contributed by atoms with E-state index in [1.165, 1.54) is 19.3 Å². The molecule has 2 heteroatoms. The SMILES string of the molecule is CCCCC1(C(=O)C=CI)CCC1. The lowest BCUT2D eigenvalue weighted by Crippen LogP contribution is -2.36. The molecule has 1 aliphatic rings. The molecule has 0 radical (unpaired) electrons. The van der Waals surface area contributed by atoms with E-state index in [2.05, 4.69) is 29.5 Å². The summed E-state index contributed by atoms with van der Waals surface area (Å²) in [4.78, 5) is 11.8. The third-order valence-electron chi connectivity index (χ3n) is 3.06. The number of carbonyl (C=O) groups excluding carboxylic acids is 1. The van der Waals surface area contributed by atoms with Gasteiger partial charge in [0.15, 0.2) is 5.78 Å². The maximum Gasteiger partial charge on any atom is 0.162 e. The van der Waals surface area contributed by atoms with Gasteiger partial charge in [-0.05, 0) is 29.4 Å². The summed E-state index contributed by atoms with van der Waals surface area (Å²) in [5.41, 5.74) is 0.0533. The van der Waals surface area contributed by atoms with Crippen LogP contribution >= 0.6 is 22.6 Å². The van der Waals surface area contributed by atoms with Crippen LogP contribution in [0.15, 0.2) is 10.2 Å². The monoisotopic (exact) mass is 292 g/mol. The summed E-state index contributed by atoms with van der Waals surface area (Å²) in [7, 11) is 0. The lowest BCUT2D eigenvalue weighted by molar-refractivity contribution is -0.129. The van der Waals surface area contributed by atoms with Crippen LogP contribution in [0.4, 0.5) is 0 Å². The highest BCUT2D eigenvalue weighted by Crippen LogP contribution is 2.46. The molecule has 13 heavy (non-hydrogen) atoms. The topological polar surface area (TPSA) is 17.1 Å². The van der Waals surface area contributed by atoms with Gasteiger partial charge in [-0.1, -0.05) is 48.8 Å². The van der Waals surface area contributed by atoms with E-state index in [1.54, 1.807) is 6.08 Å². The first-order valence-electron chi connectivity index (χ1n) is 5.06. The number of unbranched alkanes of at least 4 members (excludes halogenated alkanes) is 1. The predicted octanol–water partition coefficient (Wildman–Crippen LogP) is 3.86. The molecule has 0 spiro atoms. The summed E-state index contributed by atoms with van der Waals surface area (Å²) < 4.78 is 1.84. The van der Waals surface area contributed by atoms with Crippen molar-refractivity contribution in [3.63, 3.8) is 0 Å². The average Bonchev–Trinajstić information content (AvgIpc) is 2.03. The predicted molar refractivity (Wildman–Crippen MR) is 64.0 cm³/mol. The van der Waals surface area contributed by atoms with Crippen LogP contribution in [0.5, 0.6) is 0 Å². The number of allylic oxidation sites excluding steroid dienone is 1. The van der Waals surface area contributed by atoms with Gasteiger partial charge in [-0.2, -0.15) is 0 Å². The highest BCUT2D eigenvalue weighted by molar-refractivity contribution is 14.1. The second-order valence-electron chi connectivity index (χ2n) is 3.89. The van der Waals surface area contributed by atoms with Crippen LogP contribution in [0.25, 0.3) is 0 Å².